The van der Waals surface area contributed by atoms with E-state index < -0.39 is 10.0 Å². The van der Waals surface area contributed by atoms with Gasteiger partial charge in [0.15, 0.2) is 0 Å². The third-order valence-electron chi connectivity index (χ3n) is 4.81. The van der Waals surface area contributed by atoms with Gasteiger partial charge in [0.05, 0.1) is 23.0 Å². The first-order valence-corrected chi connectivity index (χ1v) is 11.1. The Balaban J connectivity index is 1.74. The van der Waals surface area contributed by atoms with Crippen LogP contribution in [0.3, 0.4) is 0 Å². The van der Waals surface area contributed by atoms with E-state index in [1.165, 1.54) is 17.5 Å². The van der Waals surface area contributed by atoms with E-state index in [0.717, 1.165) is 29.0 Å². The van der Waals surface area contributed by atoms with Crippen molar-refractivity contribution in [1.82, 2.24) is 5.32 Å². The van der Waals surface area contributed by atoms with Gasteiger partial charge in [-0.25, -0.2) is 8.42 Å². The number of rotatable bonds is 6. The fraction of sp³-hybridized carbons (Fsp3) is 0.350. The summed E-state index contributed by atoms with van der Waals surface area (Å²) in [6.45, 7) is 1.58. The topological polar surface area (TPSA) is 66.5 Å². The smallest absolute Gasteiger partial charge is 0.241 e. The number of sulfonamides is 1. The number of nitrogens with zero attached hydrogens (tertiary/aromatic N) is 1. The van der Waals surface area contributed by atoms with Crippen LogP contribution in [0.5, 0.6) is 0 Å². The Morgan fingerprint density at radius 1 is 1.19 bits per heavy atom. The summed E-state index contributed by atoms with van der Waals surface area (Å²) >= 11 is 6.13. The number of nitrogens with one attached hydrogen (secondary N) is 1. The molecule has 0 aliphatic heterocycles. The second-order valence-electron chi connectivity index (χ2n) is 6.89. The molecule has 1 atom stereocenters. The molecule has 1 amide bonds. The van der Waals surface area contributed by atoms with Crippen molar-refractivity contribution in [3.05, 3.63) is 64.2 Å². The Morgan fingerprint density at radius 2 is 1.89 bits per heavy atom. The Hall–Kier alpha value is -2.05. The van der Waals surface area contributed by atoms with E-state index in [1.54, 1.807) is 24.3 Å². The van der Waals surface area contributed by atoms with Crippen LogP contribution in [0.4, 0.5) is 5.69 Å². The summed E-state index contributed by atoms with van der Waals surface area (Å²) in [6, 6.07) is 12.6. The predicted molar refractivity (Wildman–Crippen MR) is 109 cm³/mol. The van der Waals surface area contributed by atoms with Crippen LogP contribution in [-0.2, 0) is 27.7 Å². The molecule has 0 unspecified atom stereocenters. The van der Waals surface area contributed by atoms with Crippen molar-refractivity contribution in [2.75, 3.05) is 17.1 Å². The average Bonchev–Trinajstić information content (AvgIpc) is 3.07. The SMILES string of the molecule is C[C@H](NC(=O)CN(c1ccccc1Cl)S(C)(=O)=O)c1ccc2c(c1)CCC2. The molecular formula is C20H23ClN2O3S. The van der Waals surface area contributed by atoms with Crippen LogP contribution in [0.25, 0.3) is 0 Å². The third-order valence-corrected chi connectivity index (χ3v) is 6.25. The highest BCUT2D eigenvalue weighted by Crippen LogP contribution is 2.28. The lowest BCUT2D eigenvalue weighted by atomic mass is 10.0. The van der Waals surface area contributed by atoms with E-state index >= 15 is 0 Å². The van der Waals surface area contributed by atoms with E-state index in [0.29, 0.717) is 5.69 Å². The highest BCUT2D eigenvalue weighted by molar-refractivity contribution is 7.92. The van der Waals surface area contributed by atoms with Crippen molar-refractivity contribution in [2.45, 2.75) is 32.2 Å². The maximum absolute atomic E-state index is 12.5. The van der Waals surface area contributed by atoms with Crippen molar-refractivity contribution >= 4 is 33.2 Å². The number of fused-ring (bicyclic) bond motifs is 1. The minimum absolute atomic E-state index is 0.212. The highest BCUT2D eigenvalue weighted by atomic mass is 35.5. The minimum atomic E-state index is -3.66. The van der Waals surface area contributed by atoms with Crippen LogP contribution in [0, 0.1) is 0 Å². The lowest BCUT2D eigenvalue weighted by molar-refractivity contribution is -0.120. The average molecular weight is 407 g/mol. The zero-order valence-corrected chi connectivity index (χ0v) is 17.0. The van der Waals surface area contributed by atoms with E-state index in [4.69, 9.17) is 11.6 Å². The summed E-state index contributed by atoms with van der Waals surface area (Å²) in [7, 11) is -3.66. The van der Waals surface area contributed by atoms with E-state index in [2.05, 4.69) is 17.4 Å². The van der Waals surface area contributed by atoms with Crippen LogP contribution in [-0.4, -0.2) is 27.1 Å². The quantitative estimate of drug-likeness (QED) is 0.798. The Labute approximate surface area is 165 Å². The number of hydrogen-bond acceptors (Lipinski definition) is 3. The molecule has 1 aliphatic rings. The number of anilines is 1. The molecule has 0 aromatic heterocycles. The molecule has 1 aliphatic carbocycles. The molecule has 0 saturated heterocycles. The van der Waals surface area contributed by atoms with E-state index in [9.17, 15) is 13.2 Å². The van der Waals surface area contributed by atoms with Gasteiger partial charge in [-0.1, -0.05) is 41.9 Å². The fourth-order valence-corrected chi connectivity index (χ4v) is 4.55. The first-order valence-electron chi connectivity index (χ1n) is 8.89. The van der Waals surface area contributed by atoms with Gasteiger partial charge < -0.3 is 5.32 Å². The Kier molecular flexibility index (Phi) is 5.77. The first-order chi connectivity index (χ1) is 12.8. The number of halogens is 1. The second-order valence-corrected chi connectivity index (χ2v) is 9.21. The first kappa shape index (κ1) is 19.7. The molecule has 0 saturated carbocycles. The standard InChI is InChI=1S/C20H23ClN2O3S/c1-14(16-11-10-15-6-5-7-17(15)12-16)22-20(24)13-23(27(2,25)26)19-9-4-3-8-18(19)21/h3-4,8-12,14H,5-7,13H2,1-2H3,(H,22,24)/t14-/m0/s1. The number of aryl methyl sites for hydroxylation is 2. The largest absolute Gasteiger partial charge is 0.348 e. The molecule has 27 heavy (non-hydrogen) atoms. The molecule has 0 spiro atoms. The van der Waals surface area contributed by atoms with Crippen LogP contribution in [0.2, 0.25) is 5.02 Å². The Morgan fingerprint density at radius 3 is 2.59 bits per heavy atom. The van der Waals surface area contributed by atoms with Gasteiger partial charge in [-0.05, 0) is 55.0 Å². The van der Waals surface area contributed by atoms with Gasteiger partial charge in [0.25, 0.3) is 0 Å². The highest BCUT2D eigenvalue weighted by Gasteiger charge is 2.24. The van der Waals surface area contributed by atoms with Gasteiger partial charge in [-0.2, -0.15) is 0 Å². The molecule has 0 fully saturated rings. The van der Waals surface area contributed by atoms with Crippen LogP contribution >= 0.6 is 11.6 Å². The van der Waals surface area contributed by atoms with Crippen molar-refractivity contribution in [3.8, 4) is 0 Å². The molecule has 2 aromatic rings. The number of carbonyl (C=O) groups is 1. The molecular weight excluding hydrogens is 384 g/mol. The normalized spacial score (nSPS) is 14.5. The summed E-state index contributed by atoms with van der Waals surface area (Å²) in [5, 5.41) is 3.17. The van der Waals surface area contributed by atoms with Crippen LogP contribution in [0.1, 0.15) is 36.1 Å². The molecule has 0 radical (unpaired) electrons. The number of para-hydroxylation sites is 1. The van der Waals surface area contributed by atoms with Gasteiger partial charge in [-0.3, -0.25) is 9.10 Å². The van der Waals surface area contributed by atoms with Crippen LogP contribution in [0.15, 0.2) is 42.5 Å². The van der Waals surface area contributed by atoms with Gasteiger partial charge in [0.2, 0.25) is 15.9 Å². The van der Waals surface area contributed by atoms with Crippen molar-refractivity contribution in [3.63, 3.8) is 0 Å². The van der Waals surface area contributed by atoms with Gasteiger partial charge in [0.1, 0.15) is 6.54 Å². The predicted octanol–water partition coefficient (Wildman–Crippen LogP) is 3.47. The maximum Gasteiger partial charge on any atom is 0.241 e. The molecule has 1 N–H and O–H groups in total. The molecule has 5 nitrogen and oxygen atoms in total. The summed E-state index contributed by atoms with van der Waals surface area (Å²) in [4.78, 5) is 12.5. The minimum Gasteiger partial charge on any atom is -0.348 e. The van der Waals surface area contributed by atoms with Crippen molar-refractivity contribution in [1.29, 1.82) is 0 Å². The maximum atomic E-state index is 12.5. The van der Waals surface area contributed by atoms with Gasteiger partial charge in [0, 0.05) is 0 Å². The van der Waals surface area contributed by atoms with E-state index in [1.807, 2.05) is 13.0 Å². The molecule has 0 bridgehead atoms. The molecule has 0 heterocycles. The number of amides is 1. The zero-order valence-electron chi connectivity index (χ0n) is 15.4. The molecule has 3 rings (SSSR count). The van der Waals surface area contributed by atoms with Gasteiger partial charge >= 0.3 is 0 Å². The number of carbonyl (C=O) groups excluding carboxylic acids is 1. The van der Waals surface area contributed by atoms with Crippen molar-refractivity contribution in [2.24, 2.45) is 0 Å². The summed E-state index contributed by atoms with van der Waals surface area (Å²) < 4.78 is 25.4. The van der Waals surface area contributed by atoms with Gasteiger partial charge in [-0.15, -0.1) is 0 Å². The second kappa shape index (κ2) is 7.90. The molecule has 144 valence electrons. The van der Waals surface area contributed by atoms with E-state index in [-0.39, 0.29) is 23.5 Å². The fourth-order valence-electron chi connectivity index (χ4n) is 3.40. The summed E-state index contributed by atoms with van der Waals surface area (Å²) in [5.74, 6) is -0.381. The number of hydrogen-bond donors (Lipinski definition) is 1. The summed E-state index contributed by atoms with van der Waals surface area (Å²) in [6.07, 6.45) is 4.41. The van der Waals surface area contributed by atoms with Crippen LogP contribution < -0.4 is 9.62 Å². The summed E-state index contributed by atoms with van der Waals surface area (Å²) in [5.41, 5.74) is 4.02. The molecule has 2 aromatic carbocycles. The zero-order chi connectivity index (χ0) is 19.6. The van der Waals surface area contributed by atoms with Crippen molar-refractivity contribution < 1.29 is 13.2 Å². The lowest BCUT2D eigenvalue weighted by Crippen LogP contribution is -2.41. The monoisotopic (exact) mass is 406 g/mol. The third kappa shape index (κ3) is 4.62. The Bertz CT molecular complexity index is 959. The number of benzene rings is 2. The molecule has 7 heteroatoms. The lowest BCUT2D eigenvalue weighted by Gasteiger charge is -2.24.